The first-order valence-electron chi connectivity index (χ1n) is 15.4. The number of sulfonamides is 1. The van der Waals surface area contributed by atoms with Gasteiger partial charge < -0.3 is 20.0 Å². The van der Waals surface area contributed by atoms with Crippen LogP contribution in [0.25, 0.3) is 11.3 Å². The summed E-state index contributed by atoms with van der Waals surface area (Å²) < 4.78 is 70.2. The van der Waals surface area contributed by atoms with Gasteiger partial charge in [-0.1, -0.05) is 12.5 Å². The van der Waals surface area contributed by atoms with Crippen LogP contribution in [0.15, 0.2) is 23.1 Å². The molecule has 4 heterocycles. The van der Waals surface area contributed by atoms with Crippen LogP contribution in [0.5, 0.6) is 0 Å². The number of fused-ring (bicyclic) bond motifs is 1. The number of aromatic nitrogens is 2. The zero-order valence-electron chi connectivity index (χ0n) is 25.5. The van der Waals surface area contributed by atoms with Crippen LogP contribution >= 0.6 is 11.8 Å². The van der Waals surface area contributed by atoms with E-state index in [-0.39, 0.29) is 24.5 Å². The normalized spacial score (nSPS) is 21.3. The Bertz CT molecular complexity index is 1400. The number of aliphatic hydroxyl groups excluding tert-OH is 1. The van der Waals surface area contributed by atoms with E-state index in [1.54, 1.807) is 4.68 Å². The molecule has 5 rings (SSSR count). The number of alkyl halides is 3. The number of nitrogens with zero attached hydrogens (tertiary/aromatic N) is 5. The average Bonchev–Trinajstić information content (AvgIpc) is 3.31. The van der Waals surface area contributed by atoms with Crippen molar-refractivity contribution in [2.45, 2.75) is 81.3 Å². The summed E-state index contributed by atoms with van der Waals surface area (Å²) >= 11 is 1.14. The molecular weight excluding hydrogens is 615 g/mol. The second-order valence-corrected chi connectivity index (χ2v) is 15.8. The van der Waals surface area contributed by atoms with Crippen LogP contribution in [0.3, 0.4) is 0 Å². The molecule has 0 saturated carbocycles. The Balaban J connectivity index is 1.41. The Morgan fingerprint density at radius 3 is 2.41 bits per heavy atom. The van der Waals surface area contributed by atoms with Gasteiger partial charge in [-0.05, 0) is 57.8 Å². The highest BCUT2D eigenvalue weighted by Crippen LogP contribution is 2.40. The lowest BCUT2D eigenvalue weighted by molar-refractivity contribution is -0.139. The predicted octanol–water partition coefficient (Wildman–Crippen LogP) is 3.67. The van der Waals surface area contributed by atoms with Gasteiger partial charge in [-0.25, -0.2) is 8.42 Å². The Morgan fingerprint density at radius 1 is 1.05 bits per heavy atom. The van der Waals surface area contributed by atoms with Gasteiger partial charge >= 0.3 is 6.18 Å². The topological polar surface area (TPSA) is 102 Å². The van der Waals surface area contributed by atoms with Crippen LogP contribution in [-0.2, 0) is 35.7 Å². The van der Waals surface area contributed by atoms with E-state index in [0.717, 1.165) is 55.7 Å². The number of halogens is 3. The molecule has 2 fully saturated rings. The summed E-state index contributed by atoms with van der Waals surface area (Å²) in [4.78, 5) is 4.50. The van der Waals surface area contributed by atoms with E-state index in [4.69, 9.17) is 5.10 Å². The third-order valence-electron chi connectivity index (χ3n) is 9.03. The molecule has 0 radical (unpaired) electrons. The van der Waals surface area contributed by atoms with Crippen molar-refractivity contribution >= 4 is 21.8 Å². The molecule has 2 aromatic rings. The highest BCUT2D eigenvalue weighted by atomic mass is 32.2. The predicted molar refractivity (Wildman–Crippen MR) is 165 cm³/mol. The third kappa shape index (κ3) is 8.37. The standard InChI is InChI=1S/C30H44F3N5O4S2/c1-29(40)9-14-35(15-10-29)16-17-43-27-18-22(6-7-25(27)30(31,32)33)28-24-21-37(44(2,41)42)13-8-26(24)38(34-28)20-23(39)19-36-11-4-3-5-12-36/h6-7,18,23,39-40H,3-5,8-17,19-21H2,1-2H3/t23-/m1/s1. The number of hydrogen-bond acceptors (Lipinski definition) is 8. The molecule has 14 heteroatoms. The summed E-state index contributed by atoms with van der Waals surface area (Å²) in [7, 11) is -3.50. The van der Waals surface area contributed by atoms with Gasteiger partial charge in [0.05, 0.1) is 35.8 Å². The number of hydrogen-bond donors (Lipinski definition) is 2. The van der Waals surface area contributed by atoms with Crippen LogP contribution in [0.4, 0.5) is 13.2 Å². The number of aliphatic hydroxyl groups is 2. The van der Waals surface area contributed by atoms with Crippen molar-refractivity contribution in [2.75, 3.05) is 57.8 Å². The number of β-amino-alcohol motifs (C(OH)–C–C–N with tert-alkyl or cyclic N) is 1. The smallest absolute Gasteiger partial charge is 0.390 e. The van der Waals surface area contributed by atoms with Crippen molar-refractivity contribution in [3.63, 3.8) is 0 Å². The van der Waals surface area contributed by atoms with E-state index >= 15 is 0 Å². The van der Waals surface area contributed by atoms with Gasteiger partial charge in [0.25, 0.3) is 0 Å². The number of likely N-dealkylation sites (tertiary alicyclic amines) is 2. The monoisotopic (exact) mass is 659 g/mol. The van der Waals surface area contributed by atoms with E-state index in [1.165, 1.54) is 22.9 Å². The summed E-state index contributed by atoms with van der Waals surface area (Å²) in [5.74, 6) is 0.450. The van der Waals surface area contributed by atoms with Crippen molar-refractivity contribution in [1.29, 1.82) is 0 Å². The Morgan fingerprint density at radius 2 is 1.75 bits per heavy atom. The lowest BCUT2D eigenvalue weighted by Gasteiger charge is -2.35. The van der Waals surface area contributed by atoms with Crippen molar-refractivity contribution < 1.29 is 31.8 Å². The molecule has 1 aromatic carbocycles. The summed E-state index contributed by atoms with van der Waals surface area (Å²) in [5, 5.41) is 26.0. The molecule has 3 aliphatic heterocycles. The fourth-order valence-corrected chi connectivity index (χ4v) is 8.30. The molecule has 2 saturated heterocycles. The molecule has 0 bridgehead atoms. The van der Waals surface area contributed by atoms with E-state index in [9.17, 15) is 31.8 Å². The van der Waals surface area contributed by atoms with E-state index < -0.39 is 33.5 Å². The van der Waals surface area contributed by atoms with Crippen LogP contribution in [-0.4, -0.2) is 112 Å². The minimum Gasteiger partial charge on any atom is -0.390 e. The van der Waals surface area contributed by atoms with E-state index in [1.807, 2.05) is 6.92 Å². The highest BCUT2D eigenvalue weighted by molar-refractivity contribution is 7.99. The molecule has 0 amide bonds. The molecule has 2 N–H and O–H groups in total. The Kier molecular flexibility index (Phi) is 10.4. The van der Waals surface area contributed by atoms with Gasteiger partial charge in [0.2, 0.25) is 10.0 Å². The molecule has 1 atom stereocenters. The van der Waals surface area contributed by atoms with Crippen LogP contribution in [0, 0.1) is 0 Å². The second-order valence-electron chi connectivity index (χ2n) is 12.7. The fraction of sp³-hybridized carbons (Fsp3) is 0.700. The number of thioether (sulfide) groups is 1. The third-order valence-corrected chi connectivity index (χ3v) is 11.3. The van der Waals surface area contributed by atoms with Crippen molar-refractivity contribution in [1.82, 2.24) is 23.9 Å². The van der Waals surface area contributed by atoms with Gasteiger partial charge in [-0.2, -0.15) is 22.6 Å². The SMILES string of the molecule is CC1(O)CCN(CCSc2cc(-c3nn(C[C@H](O)CN4CCCCC4)c4c3CN(S(C)(=O)=O)CC4)ccc2C(F)(F)F)CC1. The summed E-state index contributed by atoms with van der Waals surface area (Å²) in [6.07, 6.45) is 0.988. The molecule has 9 nitrogen and oxygen atoms in total. The lowest BCUT2D eigenvalue weighted by atomic mass is 9.94. The minimum atomic E-state index is -4.53. The van der Waals surface area contributed by atoms with Crippen LogP contribution < -0.4 is 0 Å². The van der Waals surface area contributed by atoms with Crippen LogP contribution in [0.1, 0.15) is 55.8 Å². The molecule has 1 aromatic heterocycles. The molecule has 246 valence electrons. The van der Waals surface area contributed by atoms with E-state index in [0.29, 0.717) is 68.0 Å². The molecular formula is C30H44F3N5O4S2. The molecule has 0 aliphatic carbocycles. The number of benzene rings is 1. The van der Waals surface area contributed by atoms with Gasteiger partial charge in [0, 0.05) is 73.2 Å². The summed E-state index contributed by atoms with van der Waals surface area (Å²) in [6.45, 7) is 6.77. The largest absolute Gasteiger partial charge is 0.417 e. The van der Waals surface area contributed by atoms with Crippen LogP contribution in [0.2, 0.25) is 0 Å². The molecule has 44 heavy (non-hydrogen) atoms. The van der Waals surface area contributed by atoms with Gasteiger partial charge in [-0.15, -0.1) is 11.8 Å². The quantitative estimate of drug-likeness (QED) is 0.373. The maximum absolute atomic E-state index is 14.1. The van der Waals surface area contributed by atoms with Gasteiger partial charge in [-0.3, -0.25) is 4.68 Å². The maximum atomic E-state index is 14.1. The van der Waals surface area contributed by atoms with Crippen molar-refractivity contribution in [2.24, 2.45) is 0 Å². The zero-order valence-corrected chi connectivity index (χ0v) is 27.2. The first-order valence-corrected chi connectivity index (χ1v) is 18.3. The second kappa shape index (κ2) is 13.6. The molecule has 3 aliphatic rings. The number of piperidine rings is 2. The maximum Gasteiger partial charge on any atom is 0.417 e. The first-order chi connectivity index (χ1) is 20.7. The zero-order chi connectivity index (χ0) is 31.7. The lowest BCUT2D eigenvalue weighted by Crippen LogP contribution is -2.43. The van der Waals surface area contributed by atoms with Gasteiger partial charge in [0.1, 0.15) is 0 Å². The van der Waals surface area contributed by atoms with Gasteiger partial charge in [0.15, 0.2) is 0 Å². The fourth-order valence-electron chi connectivity index (χ4n) is 6.40. The Hall–Kier alpha value is -1.68. The number of rotatable bonds is 10. The molecule has 0 unspecified atom stereocenters. The minimum absolute atomic E-state index is 0.0773. The van der Waals surface area contributed by atoms with E-state index in [2.05, 4.69) is 9.80 Å². The average molecular weight is 660 g/mol. The summed E-state index contributed by atoms with van der Waals surface area (Å²) in [5.41, 5.74) is 1.02. The van der Waals surface area contributed by atoms with Crippen molar-refractivity contribution in [3.05, 3.63) is 35.0 Å². The highest BCUT2D eigenvalue weighted by Gasteiger charge is 2.35. The van der Waals surface area contributed by atoms with Crippen molar-refractivity contribution in [3.8, 4) is 11.3 Å². The summed E-state index contributed by atoms with van der Waals surface area (Å²) in [6, 6.07) is 4.02. The first kappa shape index (κ1) is 33.7. The molecule has 0 spiro atoms. The Labute approximate surface area is 262 Å².